The number of likely N-dealkylation sites (tertiary alicyclic amines) is 1. The van der Waals surface area contributed by atoms with Gasteiger partial charge < -0.3 is 19.8 Å². The number of benzene rings is 2. The van der Waals surface area contributed by atoms with Gasteiger partial charge in [0.25, 0.3) is 0 Å². The molecular weight excluding hydrogens is 522 g/mol. The van der Waals surface area contributed by atoms with Gasteiger partial charge in [-0.1, -0.05) is 85.0 Å². The lowest BCUT2D eigenvalue weighted by Crippen LogP contribution is -2.56. The van der Waals surface area contributed by atoms with Crippen LogP contribution in [0.1, 0.15) is 25.0 Å². The van der Waals surface area contributed by atoms with Crippen LogP contribution in [0, 0.1) is 11.8 Å². The fourth-order valence-electron chi connectivity index (χ4n) is 7.01. The summed E-state index contributed by atoms with van der Waals surface area (Å²) in [6, 6.07) is 18.3. The maximum atomic E-state index is 14.4. The molecule has 1 spiro atoms. The average Bonchev–Trinajstić information content (AvgIpc) is 3.25. The lowest BCUT2D eigenvalue weighted by atomic mass is 9.74. The quantitative estimate of drug-likeness (QED) is 0.552. The number of nitrogens with zero attached hydrogens (tertiary/aromatic N) is 3. The van der Waals surface area contributed by atoms with Gasteiger partial charge in [-0.3, -0.25) is 14.4 Å². The first-order chi connectivity index (χ1) is 19.3. The number of aliphatic hydroxyl groups is 1. The summed E-state index contributed by atoms with van der Waals surface area (Å²) in [5, 5.41) is 10.2. The summed E-state index contributed by atoms with van der Waals surface area (Å²) in [4.78, 5) is 48.3. The van der Waals surface area contributed by atoms with Gasteiger partial charge >= 0.3 is 0 Å². The number of fused-ring (bicyclic) bond motifs is 2. The lowest BCUT2D eigenvalue weighted by Gasteiger charge is -2.38. The second-order valence-corrected chi connectivity index (χ2v) is 13.3. The first-order valence-electron chi connectivity index (χ1n) is 13.9. The minimum Gasteiger partial charge on any atom is -0.394 e. The summed E-state index contributed by atoms with van der Waals surface area (Å²) in [7, 11) is 0. The average molecular weight is 558 g/mol. The molecule has 0 bridgehead atoms. The Balaban J connectivity index is 1.41. The van der Waals surface area contributed by atoms with Crippen LogP contribution in [0.2, 0.25) is 0 Å². The predicted octanol–water partition coefficient (Wildman–Crippen LogP) is 3.25. The Bertz CT molecular complexity index is 1360. The molecule has 0 radical (unpaired) electrons. The summed E-state index contributed by atoms with van der Waals surface area (Å²) in [5.74, 6) is -1.79. The molecule has 1 N–H and O–H groups in total. The zero-order valence-corrected chi connectivity index (χ0v) is 23.7. The van der Waals surface area contributed by atoms with Crippen molar-refractivity contribution in [3.63, 3.8) is 0 Å². The third-order valence-corrected chi connectivity index (χ3v) is 10.6. The van der Waals surface area contributed by atoms with E-state index < -0.39 is 33.4 Å². The maximum absolute atomic E-state index is 14.4. The molecule has 4 aliphatic heterocycles. The van der Waals surface area contributed by atoms with Crippen molar-refractivity contribution in [2.75, 3.05) is 19.7 Å². The van der Waals surface area contributed by atoms with Crippen molar-refractivity contribution in [3.8, 4) is 0 Å². The van der Waals surface area contributed by atoms with Gasteiger partial charge in [-0.25, -0.2) is 0 Å². The van der Waals surface area contributed by atoms with Gasteiger partial charge in [0.05, 0.1) is 29.2 Å². The normalized spacial score (nSPS) is 32.0. The zero-order chi connectivity index (χ0) is 28.1. The Hall–Kier alpha value is -3.36. The number of aliphatic hydroxyl groups excluding tert-OH is 1. The Kier molecular flexibility index (Phi) is 6.87. The molecule has 8 heteroatoms. The monoisotopic (exact) mass is 557 g/mol. The van der Waals surface area contributed by atoms with Crippen LogP contribution in [0.3, 0.4) is 0 Å². The highest BCUT2D eigenvalue weighted by Crippen LogP contribution is 2.65. The van der Waals surface area contributed by atoms with Crippen LogP contribution in [-0.2, 0) is 27.5 Å². The Morgan fingerprint density at radius 2 is 1.38 bits per heavy atom. The standard InChI is InChI=1S/C32H35N3O4S/c1-22(21-36)35-27-30(39)34(20-24-13-7-4-8-14-24)18-10-16-32(27)26(29(35)38)25-28(37)33(17-9-15-31(25,2)40-32)19-23-11-5-3-6-12-23/h3-16,22,25-27,36H,17-21H2,1-2H3/t22-,25+,26+,27?,31-,32+/m1/s1. The van der Waals surface area contributed by atoms with E-state index in [2.05, 4.69) is 6.08 Å². The molecule has 2 fully saturated rings. The highest BCUT2D eigenvalue weighted by molar-refractivity contribution is 8.02. The maximum Gasteiger partial charge on any atom is 0.247 e. The second kappa shape index (κ2) is 10.2. The molecule has 0 aromatic heterocycles. The fraction of sp³-hybridized carbons (Fsp3) is 0.406. The second-order valence-electron chi connectivity index (χ2n) is 11.5. The van der Waals surface area contributed by atoms with Crippen molar-refractivity contribution in [1.82, 2.24) is 14.7 Å². The minimum atomic E-state index is -0.918. The molecular formula is C32H35N3O4S. The van der Waals surface area contributed by atoms with Crippen LogP contribution < -0.4 is 0 Å². The Morgan fingerprint density at radius 1 is 0.825 bits per heavy atom. The largest absolute Gasteiger partial charge is 0.394 e. The molecule has 4 aliphatic rings. The van der Waals surface area contributed by atoms with Crippen LogP contribution in [0.25, 0.3) is 0 Å². The van der Waals surface area contributed by atoms with E-state index in [9.17, 15) is 19.5 Å². The number of hydrogen-bond donors (Lipinski definition) is 1. The van der Waals surface area contributed by atoms with Gasteiger partial charge in [-0.05, 0) is 25.0 Å². The molecule has 2 aromatic rings. The first-order valence-corrected chi connectivity index (χ1v) is 14.7. The number of carbonyl (C=O) groups is 3. The minimum absolute atomic E-state index is 0.0671. The summed E-state index contributed by atoms with van der Waals surface area (Å²) in [5.41, 5.74) is 2.04. The Morgan fingerprint density at radius 3 is 1.95 bits per heavy atom. The van der Waals surface area contributed by atoms with E-state index in [4.69, 9.17) is 0 Å². The van der Waals surface area contributed by atoms with E-state index in [1.54, 1.807) is 28.5 Å². The Labute approximate surface area is 239 Å². The molecule has 2 saturated heterocycles. The molecule has 208 valence electrons. The van der Waals surface area contributed by atoms with Gasteiger partial charge in [0.2, 0.25) is 17.7 Å². The summed E-state index contributed by atoms with van der Waals surface area (Å²) in [6.07, 6.45) is 8.13. The molecule has 40 heavy (non-hydrogen) atoms. The number of hydrogen-bond acceptors (Lipinski definition) is 5. The molecule has 2 aromatic carbocycles. The molecule has 3 amide bonds. The number of rotatable bonds is 6. The van der Waals surface area contributed by atoms with Crippen LogP contribution in [0.4, 0.5) is 0 Å². The van der Waals surface area contributed by atoms with Crippen LogP contribution in [0.15, 0.2) is 85.0 Å². The van der Waals surface area contributed by atoms with Gasteiger partial charge in [0.1, 0.15) is 6.04 Å². The molecule has 6 rings (SSSR count). The highest BCUT2D eigenvalue weighted by atomic mass is 32.2. The van der Waals surface area contributed by atoms with Crippen LogP contribution >= 0.6 is 11.8 Å². The molecule has 7 nitrogen and oxygen atoms in total. The molecule has 4 heterocycles. The van der Waals surface area contributed by atoms with E-state index in [1.165, 1.54) is 0 Å². The van der Waals surface area contributed by atoms with Crippen molar-refractivity contribution in [2.24, 2.45) is 11.8 Å². The first kappa shape index (κ1) is 26.8. The summed E-state index contributed by atoms with van der Waals surface area (Å²) < 4.78 is -1.58. The van der Waals surface area contributed by atoms with Gasteiger partial charge in [0.15, 0.2) is 0 Å². The van der Waals surface area contributed by atoms with Crippen molar-refractivity contribution < 1.29 is 19.5 Å². The van der Waals surface area contributed by atoms with Crippen molar-refractivity contribution in [1.29, 1.82) is 0 Å². The van der Waals surface area contributed by atoms with E-state index in [0.29, 0.717) is 26.2 Å². The number of carbonyl (C=O) groups excluding carboxylic acids is 3. The van der Waals surface area contributed by atoms with Crippen molar-refractivity contribution >= 4 is 29.5 Å². The molecule has 0 aliphatic carbocycles. The van der Waals surface area contributed by atoms with Gasteiger partial charge in [-0.15, -0.1) is 11.8 Å². The summed E-state index contributed by atoms with van der Waals surface area (Å²) in [6.45, 7) is 5.30. The third kappa shape index (κ3) is 4.20. The highest BCUT2D eigenvalue weighted by Gasteiger charge is 2.74. The van der Waals surface area contributed by atoms with Crippen LogP contribution in [0.5, 0.6) is 0 Å². The molecule has 0 saturated carbocycles. The SMILES string of the molecule is C[C@H](CO)N1C(=O)[C@@H]2[C@H]3C(=O)N(Cc4ccccc4)CC=C[C@@]3(C)S[C@@]23C=CCN(Cc2ccccc2)C(=O)C13. The molecule has 6 atom stereocenters. The van der Waals surface area contributed by atoms with Gasteiger partial charge in [0, 0.05) is 30.9 Å². The van der Waals surface area contributed by atoms with Gasteiger partial charge in [-0.2, -0.15) is 0 Å². The van der Waals surface area contributed by atoms with Crippen molar-refractivity contribution in [2.45, 2.75) is 48.5 Å². The molecule has 1 unspecified atom stereocenters. The van der Waals surface area contributed by atoms with E-state index in [-0.39, 0.29) is 24.3 Å². The smallest absolute Gasteiger partial charge is 0.247 e. The van der Waals surface area contributed by atoms with E-state index in [1.807, 2.05) is 90.7 Å². The van der Waals surface area contributed by atoms with E-state index >= 15 is 0 Å². The van der Waals surface area contributed by atoms with Crippen molar-refractivity contribution in [3.05, 3.63) is 96.1 Å². The number of thioether (sulfide) groups is 1. The lowest BCUT2D eigenvalue weighted by molar-refractivity contribution is -0.147. The van der Waals surface area contributed by atoms with E-state index in [0.717, 1.165) is 11.1 Å². The summed E-state index contributed by atoms with van der Waals surface area (Å²) >= 11 is 1.57. The predicted molar refractivity (Wildman–Crippen MR) is 155 cm³/mol. The van der Waals surface area contributed by atoms with Crippen LogP contribution in [-0.4, -0.2) is 78.8 Å². The topological polar surface area (TPSA) is 81.2 Å². The number of amides is 3. The third-order valence-electron chi connectivity index (χ3n) is 8.83. The fourth-order valence-corrected chi connectivity index (χ4v) is 9.16. The zero-order valence-electron chi connectivity index (χ0n) is 22.8.